The summed E-state index contributed by atoms with van der Waals surface area (Å²) in [5.74, 6) is -0.242. The predicted molar refractivity (Wildman–Crippen MR) is 56.1 cm³/mol. The predicted octanol–water partition coefficient (Wildman–Crippen LogP) is 3.09. The monoisotopic (exact) mass is 245 g/mol. The molecular formula is C10H13BrFN. The zero-order valence-electron chi connectivity index (χ0n) is 7.99. The van der Waals surface area contributed by atoms with Gasteiger partial charge in [0.1, 0.15) is 5.82 Å². The van der Waals surface area contributed by atoms with Gasteiger partial charge in [0.15, 0.2) is 0 Å². The van der Waals surface area contributed by atoms with Crippen LogP contribution in [0.15, 0.2) is 16.6 Å². The zero-order valence-corrected chi connectivity index (χ0v) is 9.57. The van der Waals surface area contributed by atoms with Gasteiger partial charge in [-0.05, 0) is 38.5 Å². The molecule has 0 bridgehead atoms. The summed E-state index contributed by atoms with van der Waals surface area (Å²) in [7, 11) is 0. The van der Waals surface area contributed by atoms with E-state index in [2.05, 4.69) is 15.9 Å². The second-order valence-corrected chi connectivity index (χ2v) is 4.66. The molecule has 1 aromatic rings. The summed E-state index contributed by atoms with van der Waals surface area (Å²) in [6.07, 6.45) is 0. The van der Waals surface area contributed by atoms with Crippen LogP contribution < -0.4 is 5.73 Å². The van der Waals surface area contributed by atoms with Gasteiger partial charge in [-0.1, -0.05) is 15.9 Å². The van der Waals surface area contributed by atoms with Crippen LogP contribution in [-0.2, 0) is 5.54 Å². The molecule has 0 spiro atoms. The quantitative estimate of drug-likeness (QED) is 0.809. The lowest BCUT2D eigenvalue weighted by atomic mass is 9.94. The van der Waals surface area contributed by atoms with E-state index in [1.165, 1.54) is 6.07 Å². The smallest absolute Gasteiger partial charge is 0.128 e. The van der Waals surface area contributed by atoms with E-state index in [1.807, 2.05) is 6.92 Å². The molecular weight excluding hydrogens is 233 g/mol. The summed E-state index contributed by atoms with van der Waals surface area (Å²) in [6, 6.07) is 3.23. The van der Waals surface area contributed by atoms with Gasteiger partial charge < -0.3 is 5.73 Å². The SMILES string of the molecule is Cc1cc(F)c(C(C)(C)N)cc1Br. The molecule has 1 rings (SSSR count). The van der Waals surface area contributed by atoms with Crippen molar-refractivity contribution in [1.29, 1.82) is 0 Å². The number of hydrogen-bond donors (Lipinski definition) is 1. The molecule has 0 fully saturated rings. The van der Waals surface area contributed by atoms with Crippen LogP contribution in [0.5, 0.6) is 0 Å². The fourth-order valence-corrected chi connectivity index (χ4v) is 1.48. The molecule has 0 saturated carbocycles. The molecule has 1 nitrogen and oxygen atoms in total. The van der Waals surface area contributed by atoms with Gasteiger partial charge in [0, 0.05) is 15.6 Å². The van der Waals surface area contributed by atoms with Crippen molar-refractivity contribution in [3.05, 3.63) is 33.5 Å². The molecule has 0 aliphatic rings. The molecule has 0 unspecified atom stereocenters. The normalized spacial score (nSPS) is 11.8. The fourth-order valence-electron chi connectivity index (χ4n) is 1.14. The minimum atomic E-state index is -0.639. The van der Waals surface area contributed by atoms with Crippen LogP contribution in [-0.4, -0.2) is 0 Å². The summed E-state index contributed by atoms with van der Waals surface area (Å²) in [4.78, 5) is 0. The van der Waals surface area contributed by atoms with E-state index in [-0.39, 0.29) is 5.82 Å². The number of nitrogens with two attached hydrogens (primary N) is 1. The molecule has 0 heterocycles. The summed E-state index contributed by atoms with van der Waals surface area (Å²) < 4.78 is 14.3. The van der Waals surface area contributed by atoms with Gasteiger partial charge in [0.25, 0.3) is 0 Å². The number of rotatable bonds is 1. The van der Waals surface area contributed by atoms with Crippen molar-refractivity contribution < 1.29 is 4.39 Å². The Morgan fingerprint density at radius 2 is 1.92 bits per heavy atom. The summed E-state index contributed by atoms with van der Waals surface area (Å²) in [5.41, 5.74) is 6.59. The molecule has 1 aromatic carbocycles. The van der Waals surface area contributed by atoms with Crippen molar-refractivity contribution >= 4 is 15.9 Å². The van der Waals surface area contributed by atoms with Gasteiger partial charge in [-0.15, -0.1) is 0 Å². The zero-order chi connectivity index (χ0) is 10.2. The molecule has 2 N–H and O–H groups in total. The molecule has 0 atom stereocenters. The lowest BCUT2D eigenvalue weighted by molar-refractivity contribution is 0.500. The summed E-state index contributed by atoms with van der Waals surface area (Å²) in [6.45, 7) is 5.42. The first-order valence-electron chi connectivity index (χ1n) is 4.07. The first-order chi connectivity index (χ1) is 5.82. The van der Waals surface area contributed by atoms with Gasteiger partial charge in [-0.2, -0.15) is 0 Å². The lowest BCUT2D eigenvalue weighted by Gasteiger charge is -2.20. The van der Waals surface area contributed by atoms with Crippen LogP contribution in [0, 0.1) is 12.7 Å². The van der Waals surface area contributed by atoms with Gasteiger partial charge in [-0.3, -0.25) is 0 Å². The largest absolute Gasteiger partial charge is 0.322 e. The Labute approximate surface area is 86.3 Å². The van der Waals surface area contributed by atoms with Crippen molar-refractivity contribution in [2.45, 2.75) is 26.3 Å². The van der Waals surface area contributed by atoms with Crippen molar-refractivity contribution in [1.82, 2.24) is 0 Å². The standard InChI is InChI=1S/C10H13BrFN/c1-6-4-9(12)7(5-8(6)11)10(2,3)13/h4-5H,13H2,1-3H3. The fraction of sp³-hybridized carbons (Fsp3) is 0.400. The molecule has 0 aromatic heterocycles. The number of halogens is 2. The third-order valence-electron chi connectivity index (χ3n) is 1.94. The third-order valence-corrected chi connectivity index (χ3v) is 2.80. The first-order valence-corrected chi connectivity index (χ1v) is 4.86. The van der Waals surface area contributed by atoms with E-state index in [4.69, 9.17) is 5.73 Å². The minimum absolute atomic E-state index is 0.242. The highest BCUT2D eigenvalue weighted by molar-refractivity contribution is 9.10. The highest BCUT2D eigenvalue weighted by atomic mass is 79.9. The maximum Gasteiger partial charge on any atom is 0.128 e. The average Bonchev–Trinajstić information content (AvgIpc) is 1.94. The van der Waals surface area contributed by atoms with Crippen LogP contribution >= 0.6 is 15.9 Å². The van der Waals surface area contributed by atoms with Gasteiger partial charge in [-0.25, -0.2) is 4.39 Å². The lowest BCUT2D eigenvalue weighted by Crippen LogP contribution is -2.30. The molecule has 0 radical (unpaired) electrons. The average molecular weight is 246 g/mol. The highest BCUT2D eigenvalue weighted by Gasteiger charge is 2.19. The van der Waals surface area contributed by atoms with Crippen LogP contribution in [0.25, 0.3) is 0 Å². The second-order valence-electron chi connectivity index (χ2n) is 3.80. The van der Waals surface area contributed by atoms with E-state index in [0.29, 0.717) is 5.56 Å². The molecule has 3 heteroatoms. The Hall–Kier alpha value is -0.410. The Morgan fingerprint density at radius 3 is 2.38 bits per heavy atom. The Balaban J connectivity index is 3.32. The van der Waals surface area contributed by atoms with E-state index >= 15 is 0 Å². The van der Waals surface area contributed by atoms with Crippen molar-refractivity contribution in [3.8, 4) is 0 Å². The van der Waals surface area contributed by atoms with Crippen LogP contribution in [0.3, 0.4) is 0 Å². The Bertz CT molecular complexity index is 328. The van der Waals surface area contributed by atoms with E-state index in [1.54, 1.807) is 19.9 Å². The van der Waals surface area contributed by atoms with Crippen molar-refractivity contribution in [3.63, 3.8) is 0 Å². The number of hydrogen-bond acceptors (Lipinski definition) is 1. The van der Waals surface area contributed by atoms with Gasteiger partial charge in [0.2, 0.25) is 0 Å². The van der Waals surface area contributed by atoms with E-state index in [0.717, 1.165) is 10.0 Å². The molecule has 0 amide bonds. The van der Waals surface area contributed by atoms with Crippen LogP contribution in [0.2, 0.25) is 0 Å². The highest BCUT2D eigenvalue weighted by Crippen LogP contribution is 2.26. The summed E-state index contributed by atoms with van der Waals surface area (Å²) >= 11 is 3.35. The Morgan fingerprint density at radius 1 is 1.38 bits per heavy atom. The van der Waals surface area contributed by atoms with E-state index in [9.17, 15) is 4.39 Å². The molecule has 0 saturated heterocycles. The maximum atomic E-state index is 13.4. The number of benzene rings is 1. The molecule has 0 aliphatic carbocycles. The third kappa shape index (κ3) is 2.29. The maximum absolute atomic E-state index is 13.4. The Kier molecular flexibility index (Phi) is 2.78. The van der Waals surface area contributed by atoms with Crippen LogP contribution in [0.4, 0.5) is 4.39 Å². The topological polar surface area (TPSA) is 26.0 Å². The molecule has 72 valence electrons. The van der Waals surface area contributed by atoms with E-state index < -0.39 is 5.54 Å². The van der Waals surface area contributed by atoms with Gasteiger partial charge >= 0.3 is 0 Å². The molecule has 0 aliphatic heterocycles. The van der Waals surface area contributed by atoms with Crippen molar-refractivity contribution in [2.75, 3.05) is 0 Å². The minimum Gasteiger partial charge on any atom is -0.322 e. The molecule has 13 heavy (non-hydrogen) atoms. The second kappa shape index (κ2) is 3.39. The van der Waals surface area contributed by atoms with Crippen molar-refractivity contribution in [2.24, 2.45) is 5.73 Å². The number of aryl methyl sites for hydroxylation is 1. The summed E-state index contributed by atoms with van der Waals surface area (Å²) in [5, 5.41) is 0. The van der Waals surface area contributed by atoms with Crippen LogP contribution in [0.1, 0.15) is 25.0 Å². The van der Waals surface area contributed by atoms with Gasteiger partial charge in [0.05, 0.1) is 0 Å². The first kappa shape index (κ1) is 10.7.